The molecule has 0 aliphatic rings. The maximum Gasteiger partial charge on any atom is 0.338 e. The van der Waals surface area contributed by atoms with Crippen molar-refractivity contribution in [2.24, 2.45) is 15.4 Å². The first-order valence-corrected chi connectivity index (χ1v) is 18.1. The third-order valence-corrected chi connectivity index (χ3v) is 8.47. The predicted molar refractivity (Wildman–Crippen MR) is 208 cm³/mol. The molecule has 0 aliphatic heterocycles. The summed E-state index contributed by atoms with van der Waals surface area (Å²) < 4.78 is 22.3. The van der Waals surface area contributed by atoms with E-state index in [1.54, 1.807) is 97.4 Å². The van der Waals surface area contributed by atoms with Crippen LogP contribution in [0.5, 0.6) is 23.0 Å². The summed E-state index contributed by atoms with van der Waals surface area (Å²) in [6.07, 6.45) is 8.25. The van der Waals surface area contributed by atoms with E-state index in [2.05, 4.69) is 23.8 Å². The van der Waals surface area contributed by atoms with Crippen molar-refractivity contribution in [3.63, 3.8) is 0 Å². The number of ether oxygens (including phenoxy) is 4. The molecular formula is C43H50N2O8. The van der Waals surface area contributed by atoms with Crippen molar-refractivity contribution < 1.29 is 38.7 Å². The molecule has 4 rings (SSSR count). The normalized spacial score (nSPS) is 11.5. The van der Waals surface area contributed by atoms with E-state index >= 15 is 0 Å². The van der Waals surface area contributed by atoms with Crippen molar-refractivity contribution in [3.8, 4) is 23.0 Å². The average Bonchev–Trinajstić information content (AvgIpc) is 3.14. The number of carbonyl (C=O) groups is 2. The highest BCUT2D eigenvalue weighted by Crippen LogP contribution is 2.27. The average molecular weight is 723 g/mol. The lowest BCUT2D eigenvalue weighted by atomic mass is 9.86. The summed E-state index contributed by atoms with van der Waals surface area (Å²) >= 11 is 0. The number of carbonyl (C=O) groups excluding carboxylic acids is 2. The maximum atomic E-state index is 12.7. The summed E-state index contributed by atoms with van der Waals surface area (Å²) in [7, 11) is 0. The minimum atomic E-state index is -0.436. The van der Waals surface area contributed by atoms with Crippen LogP contribution in [-0.2, 0) is 9.47 Å². The van der Waals surface area contributed by atoms with Crippen molar-refractivity contribution in [1.82, 2.24) is 0 Å². The summed E-state index contributed by atoms with van der Waals surface area (Å²) in [5.74, 6) is 0.499. The second kappa shape index (κ2) is 20.4. The molecule has 0 saturated heterocycles. The fraction of sp³-hybridized carbons (Fsp3) is 0.349. The van der Waals surface area contributed by atoms with E-state index in [9.17, 15) is 19.8 Å². The lowest BCUT2D eigenvalue weighted by Crippen LogP contribution is -2.20. The van der Waals surface area contributed by atoms with Crippen LogP contribution in [0.4, 0.5) is 11.4 Å². The Bertz CT molecular complexity index is 1700. The predicted octanol–water partition coefficient (Wildman–Crippen LogP) is 9.78. The van der Waals surface area contributed by atoms with Gasteiger partial charge in [0.2, 0.25) is 0 Å². The Balaban J connectivity index is 1.16. The van der Waals surface area contributed by atoms with E-state index in [0.717, 1.165) is 25.7 Å². The number of aliphatic imine (C=N–C) groups is 2. The van der Waals surface area contributed by atoms with E-state index in [0.29, 0.717) is 71.2 Å². The zero-order chi connectivity index (χ0) is 38.1. The molecule has 0 fully saturated rings. The van der Waals surface area contributed by atoms with Gasteiger partial charge >= 0.3 is 11.9 Å². The van der Waals surface area contributed by atoms with Crippen LogP contribution in [0, 0.1) is 5.41 Å². The van der Waals surface area contributed by atoms with Crippen molar-refractivity contribution in [3.05, 3.63) is 107 Å². The zero-order valence-electron chi connectivity index (χ0n) is 31.0. The van der Waals surface area contributed by atoms with Gasteiger partial charge in [-0.05, 0) is 104 Å². The van der Waals surface area contributed by atoms with Crippen LogP contribution in [0.1, 0.15) is 98.1 Å². The lowest BCUT2D eigenvalue weighted by molar-refractivity contribution is 0.0389. The van der Waals surface area contributed by atoms with Crippen molar-refractivity contribution in [2.45, 2.75) is 66.2 Å². The van der Waals surface area contributed by atoms with Crippen molar-refractivity contribution in [2.75, 3.05) is 26.4 Å². The fourth-order valence-electron chi connectivity index (χ4n) is 4.90. The lowest BCUT2D eigenvalue weighted by Gasteiger charge is -2.24. The van der Waals surface area contributed by atoms with Gasteiger partial charge in [0.1, 0.15) is 23.0 Å². The summed E-state index contributed by atoms with van der Waals surface area (Å²) in [6, 6.07) is 23.7. The largest absolute Gasteiger partial charge is 0.507 e. The molecule has 0 aromatic heterocycles. The number of phenolic OH excluding ortho intramolecular Hbond substituents is 2. The van der Waals surface area contributed by atoms with E-state index < -0.39 is 11.9 Å². The second-order valence-corrected chi connectivity index (χ2v) is 13.4. The number of aromatic hydroxyl groups is 2. The number of phenols is 2. The van der Waals surface area contributed by atoms with Gasteiger partial charge in [-0.25, -0.2) is 9.59 Å². The molecule has 0 spiro atoms. The Kier molecular flexibility index (Phi) is 15.5. The molecule has 4 aromatic rings. The number of hydrogen-bond acceptors (Lipinski definition) is 10. The minimum absolute atomic E-state index is 0.0755. The molecule has 53 heavy (non-hydrogen) atoms. The standard InChI is InChI=1S/C43H50N2O8/c1-5-7-23-50-37-19-13-33(39(46)27-37)29-44-35-15-9-31(10-16-35)41(48)52-25-21-43(3,4)22-26-53-42(49)32-11-17-36(18-12-32)45-30-34-14-20-38(28-40(34)47)51-24-8-6-2/h9-20,27-30,46-47H,5-8,21-26H2,1-4H3. The first-order valence-electron chi connectivity index (χ1n) is 18.1. The summed E-state index contributed by atoms with van der Waals surface area (Å²) in [5.41, 5.74) is 2.92. The topological polar surface area (TPSA) is 136 Å². The van der Waals surface area contributed by atoms with Gasteiger partial charge in [-0.15, -0.1) is 0 Å². The van der Waals surface area contributed by atoms with Gasteiger partial charge in [-0.3, -0.25) is 9.98 Å². The molecule has 2 N–H and O–H groups in total. The van der Waals surface area contributed by atoms with Gasteiger partial charge in [0.15, 0.2) is 0 Å². The Morgan fingerprint density at radius 1 is 0.604 bits per heavy atom. The number of hydrogen-bond donors (Lipinski definition) is 2. The molecule has 0 heterocycles. The molecule has 0 atom stereocenters. The smallest absolute Gasteiger partial charge is 0.338 e. The van der Waals surface area contributed by atoms with Crippen LogP contribution in [0.15, 0.2) is 94.9 Å². The molecule has 0 saturated carbocycles. The highest BCUT2D eigenvalue weighted by molar-refractivity contribution is 5.91. The van der Waals surface area contributed by atoms with Crippen LogP contribution in [-0.4, -0.2) is 61.0 Å². The van der Waals surface area contributed by atoms with Gasteiger partial charge in [0.25, 0.3) is 0 Å². The molecule has 0 bridgehead atoms. The van der Waals surface area contributed by atoms with Crippen molar-refractivity contribution >= 4 is 35.7 Å². The Morgan fingerprint density at radius 2 is 1.00 bits per heavy atom. The number of benzene rings is 4. The quantitative estimate of drug-likeness (QED) is 0.0523. The Hall–Kier alpha value is -5.64. The number of rotatable bonds is 20. The third kappa shape index (κ3) is 13.4. The van der Waals surface area contributed by atoms with Gasteiger partial charge in [0.05, 0.1) is 48.9 Å². The highest BCUT2D eigenvalue weighted by atomic mass is 16.5. The van der Waals surface area contributed by atoms with Gasteiger partial charge in [-0.2, -0.15) is 0 Å². The first-order chi connectivity index (χ1) is 25.6. The van der Waals surface area contributed by atoms with Gasteiger partial charge in [0, 0.05) is 35.7 Å². The zero-order valence-corrected chi connectivity index (χ0v) is 31.0. The van der Waals surface area contributed by atoms with Crippen LogP contribution < -0.4 is 9.47 Å². The van der Waals surface area contributed by atoms with Crippen LogP contribution in [0.25, 0.3) is 0 Å². The summed E-state index contributed by atoms with van der Waals surface area (Å²) in [4.78, 5) is 34.1. The molecule has 10 heteroatoms. The SMILES string of the molecule is CCCCOc1ccc(C=Nc2ccc(C(=O)OCCC(C)(C)CCOC(=O)c3ccc(N=Cc4ccc(OCCCC)cc4O)cc3)cc2)c(O)c1. The molecule has 10 nitrogen and oxygen atoms in total. The van der Waals surface area contributed by atoms with Gasteiger partial charge < -0.3 is 29.2 Å². The van der Waals surface area contributed by atoms with E-state index in [4.69, 9.17) is 18.9 Å². The van der Waals surface area contributed by atoms with E-state index in [-0.39, 0.29) is 30.1 Å². The molecule has 280 valence electrons. The second-order valence-electron chi connectivity index (χ2n) is 13.4. The third-order valence-electron chi connectivity index (χ3n) is 8.47. The Labute approximate surface area is 312 Å². The summed E-state index contributed by atoms with van der Waals surface area (Å²) in [6.45, 7) is 9.88. The fourth-order valence-corrected chi connectivity index (χ4v) is 4.90. The highest BCUT2D eigenvalue weighted by Gasteiger charge is 2.20. The minimum Gasteiger partial charge on any atom is -0.507 e. The molecule has 4 aromatic carbocycles. The van der Waals surface area contributed by atoms with Crippen LogP contribution in [0.3, 0.4) is 0 Å². The van der Waals surface area contributed by atoms with Crippen LogP contribution in [0.2, 0.25) is 0 Å². The summed E-state index contributed by atoms with van der Waals surface area (Å²) in [5, 5.41) is 20.6. The monoisotopic (exact) mass is 722 g/mol. The number of unbranched alkanes of at least 4 members (excludes halogenated alkanes) is 2. The molecule has 0 unspecified atom stereocenters. The van der Waals surface area contributed by atoms with Crippen molar-refractivity contribution in [1.29, 1.82) is 0 Å². The number of nitrogens with zero attached hydrogens (tertiary/aromatic N) is 2. The first kappa shape index (κ1) is 40.1. The van der Waals surface area contributed by atoms with E-state index in [1.165, 1.54) is 0 Å². The van der Waals surface area contributed by atoms with Crippen LogP contribution >= 0.6 is 0 Å². The maximum absolute atomic E-state index is 12.7. The Morgan fingerprint density at radius 3 is 1.36 bits per heavy atom. The molecule has 0 amide bonds. The number of esters is 2. The van der Waals surface area contributed by atoms with E-state index in [1.807, 2.05) is 13.8 Å². The molecular weight excluding hydrogens is 672 g/mol. The van der Waals surface area contributed by atoms with Gasteiger partial charge in [-0.1, -0.05) is 40.5 Å². The molecule has 0 radical (unpaired) electrons. The molecule has 0 aliphatic carbocycles.